The van der Waals surface area contributed by atoms with Crippen LogP contribution in [-0.2, 0) is 11.3 Å². The second-order valence-corrected chi connectivity index (χ2v) is 6.95. The summed E-state index contributed by atoms with van der Waals surface area (Å²) in [6.07, 6.45) is 2.81. The largest absolute Gasteiger partial charge is 0.454 e. The van der Waals surface area contributed by atoms with Crippen LogP contribution in [-0.4, -0.2) is 22.2 Å². The third-order valence-corrected chi connectivity index (χ3v) is 5.24. The first-order valence-corrected chi connectivity index (χ1v) is 9.31. The smallest absolute Gasteiger partial charge is 0.272 e. The first-order chi connectivity index (χ1) is 13.5. The summed E-state index contributed by atoms with van der Waals surface area (Å²) in [5, 5.41) is 10.8. The van der Waals surface area contributed by atoms with E-state index in [0.717, 1.165) is 10.2 Å². The Labute approximate surface area is 163 Å². The van der Waals surface area contributed by atoms with Crippen molar-refractivity contribution in [1.82, 2.24) is 4.57 Å². The van der Waals surface area contributed by atoms with E-state index in [4.69, 9.17) is 9.47 Å². The number of fused-ring (bicyclic) bond motifs is 2. The molecule has 9 heteroatoms. The molecule has 1 aliphatic rings. The molecule has 0 saturated heterocycles. The summed E-state index contributed by atoms with van der Waals surface area (Å²) >= 11 is 1.39. The van der Waals surface area contributed by atoms with Crippen LogP contribution in [0, 0.1) is 10.1 Å². The number of aromatic nitrogens is 1. The van der Waals surface area contributed by atoms with E-state index in [-0.39, 0.29) is 12.5 Å². The number of hydrogen-bond acceptors (Lipinski definition) is 6. The number of carbonyl (C=O) groups excluding carboxylic acids is 1. The Balaban J connectivity index is 1.66. The minimum atomic E-state index is -0.476. The molecule has 0 atom stereocenters. The van der Waals surface area contributed by atoms with E-state index in [1.165, 1.54) is 35.6 Å². The second kappa shape index (κ2) is 7.28. The van der Waals surface area contributed by atoms with Crippen LogP contribution in [0.5, 0.6) is 11.5 Å². The van der Waals surface area contributed by atoms with E-state index < -0.39 is 10.8 Å². The molecule has 0 bridgehead atoms. The lowest BCUT2D eigenvalue weighted by atomic mass is 10.2. The Morgan fingerprint density at radius 1 is 1.32 bits per heavy atom. The zero-order chi connectivity index (χ0) is 19.7. The lowest BCUT2D eigenvalue weighted by Gasteiger charge is -2.01. The van der Waals surface area contributed by atoms with Crippen LogP contribution in [0.4, 0.5) is 5.69 Å². The molecule has 28 heavy (non-hydrogen) atoms. The average molecular weight is 397 g/mol. The Hall–Kier alpha value is -3.46. The van der Waals surface area contributed by atoms with Gasteiger partial charge in [-0.1, -0.05) is 23.5 Å². The molecule has 0 spiro atoms. The van der Waals surface area contributed by atoms with Crippen LogP contribution in [0.3, 0.4) is 0 Å². The summed E-state index contributed by atoms with van der Waals surface area (Å²) in [7, 11) is 0. The van der Waals surface area contributed by atoms with Crippen molar-refractivity contribution < 1.29 is 19.2 Å². The topological polar surface area (TPSA) is 96.0 Å². The first-order valence-electron chi connectivity index (χ1n) is 8.49. The lowest BCUT2D eigenvalue weighted by molar-refractivity contribution is -0.384. The van der Waals surface area contributed by atoms with Crippen molar-refractivity contribution in [3.05, 3.63) is 63.0 Å². The number of hydrogen-bond donors (Lipinski definition) is 0. The van der Waals surface area contributed by atoms with Gasteiger partial charge in [-0.3, -0.25) is 14.9 Å². The quantitative estimate of drug-likeness (QED) is 0.381. The van der Waals surface area contributed by atoms with Crippen LogP contribution in [0.1, 0.15) is 12.5 Å². The number of rotatable bonds is 4. The van der Waals surface area contributed by atoms with Gasteiger partial charge in [0.25, 0.3) is 11.6 Å². The van der Waals surface area contributed by atoms with E-state index in [1.807, 2.05) is 23.6 Å². The molecule has 1 aromatic heterocycles. The highest BCUT2D eigenvalue weighted by atomic mass is 32.1. The maximum absolute atomic E-state index is 12.3. The molecule has 1 amide bonds. The number of carbonyl (C=O) groups is 1. The fourth-order valence-corrected chi connectivity index (χ4v) is 4.00. The molecule has 0 aliphatic carbocycles. The summed E-state index contributed by atoms with van der Waals surface area (Å²) in [5.74, 6) is 0.914. The Morgan fingerprint density at radius 2 is 2.11 bits per heavy atom. The molecule has 3 aromatic rings. The van der Waals surface area contributed by atoms with Crippen LogP contribution in [0.25, 0.3) is 16.3 Å². The summed E-state index contributed by atoms with van der Waals surface area (Å²) in [6.45, 7) is 2.82. The molecular formula is C19H15N3O5S. The predicted octanol–water partition coefficient (Wildman–Crippen LogP) is 3.50. The number of nitrogens with zero attached hydrogens (tertiary/aromatic N) is 3. The Kier molecular flexibility index (Phi) is 4.66. The van der Waals surface area contributed by atoms with Gasteiger partial charge >= 0.3 is 0 Å². The maximum atomic E-state index is 12.3. The van der Waals surface area contributed by atoms with E-state index in [0.29, 0.717) is 28.4 Å². The number of benzene rings is 2. The first kappa shape index (κ1) is 17.9. The van der Waals surface area contributed by atoms with Gasteiger partial charge in [0.2, 0.25) is 6.79 Å². The molecule has 0 fully saturated rings. The fraction of sp³-hybridized carbons (Fsp3) is 0.158. The van der Waals surface area contributed by atoms with E-state index >= 15 is 0 Å². The normalized spacial score (nSPS) is 13.5. The van der Waals surface area contributed by atoms with Gasteiger partial charge in [-0.15, -0.1) is 0 Å². The van der Waals surface area contributed by atoms with Crippen molar-refractivity contribution in [2.45, 2.75) is 13.5 Å². The zero-order valence-corrected chi connectivity index (χ0v) is 15.6. The maximum Gasteiger partial charge on any atom is 0.272 e. The highest BCUT2D eigenvalue weighted by molar-refractivity contribution is 7.16. The standard InChI is InChI=1S/C19H15N3O5S/c1-2-21-14-9-15-16(27-11-26-15)10-17(14)28-19(21)20-18(23)7-6-12-4-3-5-13(8-12)22(24)25/h3-10H,2,11H2,1H3. The molecule has 142 valence electrons. The number of nitro groups is 1. The van der Waals surface area contributed by atoms with Crippen molar-refractivity contribution >= 4 is 39.2 Å². The van der Waals surface area contributed by atoms with Gasteiger partial charge in [-0.25, -0.2) is 0 Å². The van der Waals surface area contributed by atoms with Gasteiger partial charge in [-0.05, 0) is 18.6 Å². The number of aryl methyl sites for hydroxylation is 1. The summed E-state index contributed by atoms with van der Waals surface area (Å²) in [5.41, 5.74) is 1.45. The third kappa shape index (κ3) is 3.39. The van der Waals surface area contributed by atoms with Crippen molar-refractivity contribution in [3.63, 3.8) is 0 Å². The highest BCUT2D eigenvalue weighted by Gasteiger charge is 2.17. The SMILES string of the molecule is CCn1c(=NC(=O)C=Cc2cccc([N+](=O)[O-])c2)sc2cc3c(cc21)OCO3. The molecule has 4 rings (SSSR count). The number of non-ortho nitro benzene ring substituents is 1. The fourth-order valence-electron chi connectivity index (χ4n) is 2.89. The van der Waals surface area contributed by atoms with Crippen molar-refractivity contribution in [1.29, 1.82) is 0 Å². The molecular weight excluding hydrogens is 382 g/mol. The van der Waals surface area contributed by atoms with Gasteiger partial charge in [0.1, 0.15) is 0 Å². The molecule has 0 unspecified atom stereocenters. The molecule has 2 aromatic carbocycles. The number of ether oxygens (including phenoxy) is 2. The Morgan fingerprint density at radius 3 is 2.86 bits per heavy atom. The molecule has 8 nitrogen and oxygen atoms in total. The van der Waals surface area contributed by atoms with Crippen LogP contribution in [0.2, 0.25) is 0 Å². The van der Waals surface area contributed by atoms with E-state index in [1.54, 1.807) is 12.1 Å². The van der Waals surface area contributed by atoms with Gasteiger partial charge in [0, 0.05) is 36.9 Å². The molecule has 0 N–H and O–H groups in total. The lowest BCUT2D eigenvalue weighted by Crippen LogP contribution is -2.15. The van der Waals surface area contributed by atoms with E-state index in [9.17, 15) is 14.9 Å². The number of nitro benzene ring substituents is 1. The zero-order valence-electron chi connectivity index (χ0n) is 14.8. The van der Waals surface area contributed by atoms with E-state index in [2.05, 4.69) is 4.99 Å². The molecule has 0 radical (unpaired) electrons. The van der Waals surface area contributed by atoms with Crippen LogP contribution in [0.15, 0.2) is 47.5 Å². The van der Waals surface area contributed by atoms with Crippen LogP contribution >= 0.6 is 11.3 Å². The van der Waals surface area contributed by atoms with Crippen LogP contribution < -0.4 is 14.3 Å². The van der Waals surface area contributed by atoms with Crippen molar-refractivity contribution in [3.8, 4) is 11.5 Å². The monoisotopic (exact) mass is 397 g/mol. The van der Waals surface area contributed by atoms with Gasteiger partial charge in [-0.2, -0.15) is 4.99 Å². The van der Waals surface area contributed by atoms with Crippen molar-refractivity contribution in [2.75, 3.05) is 6.79 Å². The average Bonchev–Trinajstić information content (AvgIpc) is 3.27. The predicted molar refractivity (Wildman–Crippen MR) is 104 cm³/mol. The number of amides is 1. The summed E-state index contributed by atoms with van der Waals surface area (Å²) in [4.78, 5) is 27.4. The molecule has 0 saturated carbocycles. The summed E-state index contributed by atoms with van der Waals surface area (Å²) < 4.78 is 13.7. The second-order valence-electron chi connectivity index (χ2n) is 5.94. The molecule has 2 heterocycles. The van der Waals surface area contributed by atoms with Gasteiger partial charge < -0.3 is 14.0 Å². The molecule has 1 aliphatic heterocycles. The van der Waals surface area contributed by atoms with Crippen molar-refractivity contribution in [2.24, 2.45) is 4.99 Å². The third-order valence-electron chi connectivity index (χ3n) is 4.20. The Bertz CT molecular complexity index is 1190. The van der Waals surface area contributed by atoms with Gasteiger partial charge in [0.15, 0.2) is 16.3 Å². The number of thiazole rings is 1. The minimum Gasteiger partial charge on any atom is -0.454 e. The van der Waals surface area contributed by atoms with Gasteiger partial charge in [0.05, 0.1) is 15.1 Å². The highest BCUT2D eigenvalue weighted by Crippen LogP contribution is 2.36. The minimum absolute atomic E-state index is 0.0302. The summed E-state index contributed by atoms with van der Waals surface area (Å²) in [6, 6.07) is 9.83.